The van der Waals surface area contributed by atoms with E-state index >= 15 is 0 Å². The molecule has 3 aromatic rings. The largest absolute Gasteiger partial charge is 1.00 e. The first-order valence-electron chi connectivity index (χ1n) is 5.99. The van der Waals surface area contributed by atoms with Gasteiger partial charge in [0.2, 0.25) is 0 Å². The molecular formula is C16H9NaO4. The van der Waals surface area contributed by atoms with Crippen molar-refractivity contribution in [2.45, 2.75) is 0 Å². The molecule has 0 aliphatic rings. The molecule has 1 heterocycles. The maximum absolute atomic E-state index is 11.8. The van der Waals surface area contributed by atoms with E-state index in [-0.39, 0.29) is 35.1 Å². The molecule has 98 valence electrons. The Labute approximate surface area is 142 Å². The first kappa shape index (κ1) is 15.5. The first-order chi connectivity index (χ1) is 9.70. The average molecular weight is 288 g/mol. The summed E-state index contributed by atoms with van der Waals surface area (Å²) in [6, 6.07) is 12.6. The van der Waals surface area contributed by atoms with Gasteiger partial charge in [-0.15, -0.1) is 6.26 Å². The van der Waals surface area contributed by atoms with E-state index in [0.29, 0.717) is 17.2 Å². The Morgan fingerprint density at radius 2 is 1.86 bits per heavy atom. The number of hydrogen-bond donors (Lipinski definition) is 0. The molecule has 0 atom stereocenters. The van der Waals surface area contributed by atoms with Crippen molar-refractivity contribution in [3.63, 3.8) is 0 Å². The number of fused-ring (bicyclic) bond motifs is 3. The van der Waals surface area contributed by atoms with Crippen molar-refractivity contribution in [1.29, 1.82) is 0 Å². The van der Waals surface area contributed by atoms with Crippen molar-refractivity contribution < 1.29 is 43.9 Å². The van der Waals surface area contributed by atoms with Gasteiger partial charge in [-0.05, 0) is 29.0 Å². The van der Waals surface area contributed by atoms with E-state index in [2.05, 4.69) is 0 Å². The second kappa shape index (κ2) is 6.26. The van der Waals surface area contributed by atoms with Gasteiger partial charge in [-0.2, -0.15) is 0 Å². The number of benzene rings is 2. The predicted octanol–water partition coefficient (Wildman–Crippen LogP) is -0.993. The molecule has 4 nitrogen and oxygen atoms in total. The summed E-state index contributed by atoms with van der Waals surface area (Å²) >= 11 is 0. The fourth-order valence-electron chi connectivity index (χ4n) is 2.19. The van der Waals surface area contributed by atoms with Gasteiger partial charge in [0.1, 0.15) is 11.1 Å². The van der Waals surface area contributed by atoms with Gasteiger partial charge in [-0.25, -0.2) is 4.79 Å². The minimum Gasteiger partial charge on any atom is -0.878 e. The van der Waals surface area contributed by atoms with E-state index in [9.17, 15) is 14.7 Å². The van der Waals surface area contributed by atoms with Crippen LogP contribution in [0.1, 0.15) is 10.4 Å². The average Bonchev–Trinajstić information content (AvgIpc) is 2.46. The van der Waals surface area contributed by atoms with Crippen molar-refractivity contribution >= 4 is 27.5 Å². The van der Waals surface area contributed by atoms with Gasteiger partial charge in [0, 0.05) is 5.39 Å². The third-order valence-electron chi connectivity index (χ3n) is 3.13. The van der Waals surface area contributed by atoms with Gasteiger partial charge in [0.25, 0.3) is 0 Å². The SMILES string of the molecule is O=C(C=C[O-])c1cc2c(ccc3ccccc32)oc1=O.[Na+]. The van der Waals surface area contributed by atoms with Gasteiger partial charge >= 0.3 is 35.2 Å². The number of allylic oxidation sites excluding steroid dienone is 1. The van der Waals surface area contributed by atoms with E-state index in [0.717, 1.165) is 16.8 Å². The molecule has 21 heavy (non-hydrogen) atoms. The van der Waals surface area contributed by atoms with Crippen molar-refractivity contribution in [3.05, 3.63) is 70.8 Å². The Bertz CT molecular complexity index is 909. The van der Waals surface area contributed by atoms with Crippen LogP contribution in [0.15, 0.2) is 64.0 Å². The molecule has 0 spiro atoms. The van der Waals surface area contributed by atoms with Crippen LogP contribution in [-0.2, 0) is 0 Å². The second-order valence-electron chi connectivity index (χ2n) is 4.31. The smallest absolute Gasteiger partial charge is 0.878 e. The third kappa shape index (κ3) is 2.78. The summed E-state index contributed by atoms with van der Waals surface area (Å²) in [5, 5.41) is 12.9. The molecule has 0 bridgehead atoms. The van der Waals surface area contributed by atoms with Gasteiger partial charge in [-0.1, -0.05) is 30.3 Å². The van der Waals surface area contributed by atoms with Crippen LogP contribution in [0.4, 0.5) is 0 Å². The predicted molar refractivity (Wildman–Crippen MR) is 73.5 cm³/mol. The van der Waals surface area contributed by atoms with Crippen molar-refractivity contribution in [1.82, 2.24) is 0 Å². The Hall–Kier alpha value is -1.88. The Kier molecular flexibility index (Phi) is 4.63. The summed E-state index contributed by atoms with van der Waals surface area (Å²) in [4.78, 5) is 23.5. The van der Waals surface area contributed by atoms with Gasteiger partial charge < -0.3 is 9.52 Å². The quantitative estimate of drug-likeness (QED) is 0.152. The van der Waals surface area contributed by atoms with Crippen LogP contribution in [0, 0.1) is 0 Å². The molecule has 0 saturated carbocycles. The van der Waals surface area contributed by atoms with Gasteiger partial charge in [0.05, 0.1) is 0 Å². The van der Waals surface area contributed by atoms with E-state index in [1.165, 1.54) is 6.07 Å². The fraction of sp³-hybridized carbons (Fsp3) is 0. The molecule has 0 radical (unpaired) electrons. The number of carbonyl (C=O) groups excluding carboxylic acids is 1. The number of hydrogen-bond acceptors (Lipinski definition) is 4. The summed E-state index contributed by atoms with van der Waals surface area (Å²) < 4.78 is 5.16. The summed E-state index contributed by atoms with van der Waals surface area (Å²) in [5.41, 5.74) is -0.465. The monoisotopic (exact) mass is 288 g/mol. The molecule has 0 amide bonds. The molecule has 0 N–H and O–H groups in total. The fourth-order valence-corrected chi connectivity index (χ4v) is 2.19. The molecule has 0 aliphatic carbocycles. The first-order valence-corrected chi connectivity index (χ1v) is 5.99. The Morgan fingerprint density at radius 3 is 2.62 bits per heavy atom. The number of rotatable bonds is 2. The van der Waals surface area contributed by atoms with Crippen molar-refractivity contribution in [2.75, 3.05) is 0 Å². The summed E-state index contributed by atoms with van der Waals surface area (Å²) in [7, 11) is 0. The van der Waals surface area contributed by atoms with Crippen LogP contribution in [0.2, 0.25) is 0 Å². The van der Waals surface area contributed by atoms with Crippen LogP contribution < -0.4 is 40.3 Å². The van der Waals surface area contributed by atoms with E-state index < -0.39 is 11.4 Å². The van der Waals surface area contributed by atoms with Crippen LogP contribution in [0.3, 0.4) is 0 Å². The normalized spacial score (nSPS) is 10.9. The van der Waals surface area contributed by atoms with Crippen LogP contribution in [0.25, 0.3) is 21.7 Å². The van der Waals surface area contributed by atoms with E-state index in [1.54, 1.807) is 6.07 Å². The molecule has 1 aromatic heterocycles. The maximum Gasteiger partial charge on any atom is 1.00 e. The molecule has 3 rings (SSSR count). The van der Waals surface area contributed by atoms with Crippen molar-refractivity contribution in [3.8, 4) is 0 Å². The molecule has 2 aromatic carbocycles. The molecule has 0 fully saturated rings. The molecule has 5 heteroatoms. The minimum atomic E-state index is -0.740. The molecule has 0 aliphatic heterocycles. The zero-order valence-corrected chi connectivity index (χ0v) is 13.3. The van der Waals surface area contributed by atoms with Gasteiger partial charge in [-0.3, -0.25) is 4.79 Å². The number of carbonyl (C=O) groups is 1. The van der Waals surface area contributed by atoms with Crippen LogP contribution >= 0.6 is 0 Å². The van der Waals surface area contributed by atoms with Crippen molar-refractivity contribution in [2.24, 2.45) is 0 Å². The molecule has 0 saturated heterocycles. The van der Waals surface area contributed by atoms with E-state index in [4.69, 9.17) is 4.42 Å². The van der Waals surface area contributed by atoms with Gasteiger partial charge in [0.15, 0.2) is 5.78 Å². The Morgan fingerprint density at radius 1 is 1.10 bits per heavy atom. The minimum absolute atomic E-state index is 0. The molecule has 0 unspecified atom stereocenters. The number of ketones is 1. The van der Waals surface area contributed by atoms with Crippen LogP contribution in [-0.4, -0.2) is 5.78 Å². The Balaban J connectivity index is 0.00000161. The van der Waals surface area contributed by atoms with Crippen LogP contribution in [0.5, 0.6) is 0 Å². The zero-order valence-electron chi connectivity index (χ0n) is 11.3. The topological polar surface area (TPSA) is 70.3 Å². The molecular weight excluding hydrogens is 279 g/mol. The van der Waals surface area contributed by atoms with E-state index in [1.807, 2.05) is 30.3 Å². The second-order valence-corrected chi connectivity index (χ2v) is 4.31. The third-order valence-corrected chi connectivity index (χ3v) is 3.13. The summed E-state index contributed by atoms with van der Waals surface area (Å²) in [6.07, 6.45) is 1.16. The summed E-state index contributed by atoms with van der Waals surface area (Å²) in [5.74, 6) is -0.649. The standard InChI is InChI=1S/C16H10O4.Na/c17-8-7-14(18)13-9-12-11-4-2-1-3-10(11)5-6-15(12)20-16(13)19;/h1-9,17H;/q;+1/p-1. The summed E-state index contributed by atoms with van der Waals surface area (Å²) in [6.45, 7) is 0. The maximum atomic E-state index is 11.8. The zero-order chi connectivity index (χ0) is 14.1.